The molecule has 7 aromatic carbocycles. The zero-order valence-electron chi connectivity index (χ0n) is 28.7. The molecule has 3 aliphatic heterocycles. The Labute approximate surface area is 296 Å². The molecule has 3 aliphatic rings. The van der Waals surface area contributed by atoms with E-state index in [-0.39, 0.29) is 10.8 Å². The van der Waals surface area contributed by atoms with Gasteiger partial charge in [-0.2, -0.15) is 8.42 Å². The number of para-hydroxylation sites is 4. The summed E-state index contributed by atoms with van der Waals surface area (Å²) < 4.78 is 34.9. The van der Waals surface area contributed by atoms with Crippen molar-refractivity contribution in [2.24, 2.45) is 8.80 Å². The Morgan fingerprint density at radius 3 is 1.08 bits per heavy atom. The Morgan fingerprint density at radius 2 is 0.745 bits per heavy atom. The summed E-state index contributed by atoms with van der Waals surface area (Å²) >= 11 is 0. The summed E-state index contributed by atoms with van der Waals surface area (Å²) in [5, 5.41) is 4.13. The van der Waals surface area contributed by atoms with E-state index in [1.54, 1.807) is 0 Å². The third kappa shape index (κ3) is 4.12. The zero-order valence-corrected chi connectivity index (χ0v) is 29.5. The molecule has 7 heteroatoms. The molecule has 0 aromatic heterocycles. The fraction of sp³-hybridized carbons (Fsp3) is 0.136. The summed E-state index contributed by atoms with van der Waals surface area (Å²) in [6, 6.07) is 46.7. The lowest BCUT2D eigenvalue weighted by atomic mass is 9.73. The van der Waals surface area contributed by atoms with Gasteiger partial charge in [0, 0.05) is 33.0 Å². The summed E-state index contributed by atoms with van der Waals surface area (Å²) in [6.07, 6.45) is 0. The highest BCUT2D eigenvalue weighted by Crippen LogP contribution is 2.53. The quantitative estimate of drug-likeness (QED) is 0.170. The SMILES string of the molecule is CC1(C)c2ccccc2N(c2ccc3c(c2)c2c(c4cc(N5c6ccccc6C(C)(C)c6ccccc65)ccc43)=NS(=O)(=O)N=2)c2ccccc21. The van der Waals surface area contributed by atoms with Gasteiger partial charge in [-0.3, -0.25) is 0 Å². The third-order valence-corrected chi connectivity index (χ3v) is 12.1. The summed E-state index contributed by atoms with van der Waals surface area (Å²) in [5.74, 6) is 0. The van der Waals surface area contributed by atoms with Crippen LogP contribution in [-0.4, -0.2) is 8.42 Å². The van der Waals surface area contributed by atoms with Gasteiger partial charge in [0.05, 0.1) is 22.7 Å². The zero-order chi connectivity index (χ0) is 34.9. The minimum atomic E-state index is -4.07. The van der Waals surface area contributed by atoms with Crippen LogP contribution in [0.4, 0.5) is 34.1 Å². The summed E-state index contributed by atoms with van der Waals surface area (Å²) in [7, 11) is -4.07. The minimum absolute atomic E-state index is 0.191. The predicted octanol–water partition coefficient (Wildman–Crippen LogP) is 9.71. The van der Waals surface area contributed by atoms with Gasteiger partial charge in [-0.15, -0.1) is 8.80 Å². The first-order valence-corrected chi connectivity index (χ1v) is 18.7. The van der Waals surface area contributed by atoms with Gasteiger partial charge in [-0.25, -0.2) is 0 Å². The summed E-state index contributed by atoms with van der Waals surface area (Å²) in [4.78, 5) is 4.56. The molecule has 6 nitrogen and oxygen atoms in total. The minimum Gasteiger partial charge on any atom is -0.310 e. The molecule has 0 amide bonds. The molecule has 0 saturated carbocycles. The van der Waals surface area contributed by atoms with E-state index >= 15 is 0 Å². The molecule has 0 spiro atoms. The third-order valence-electron chi connectivity index (χ3n) is 11.2. The van der Waals surface area contributed by atoms with E-state index in [9.17, 15) is 8.42 Å². The van der Waals surface area contributed by atoms with E-state index in [1.165, 1.54) is 22.3 Å². The van der Waals surface area contributed by atoms with Crippen LogP contribution in [0.2, 0.25) is 0 Å². The van der Waals surface area contributed by atoms with E-state index in [2.05, 4.69) is 180 Å². The van der Waals surface area contributed by atoms with E-state index in [0.29, 0.717) is 10.7 Å². The van der Waals surface area contributed by atoms with Gasteiger partial charge in [-0.1, -0.05) is 113 Å². The lowest BCUT2D eigenvalue weighted by molar-refractivity contribution is 0.599. The van der Waals surface area contributed by atoms with E-state index in [4.69, 9.17) is 0 Å². The van der Waals surface area contributed by atoms with Gasteiger partial charge in [0.2, 0.25) is 0 Å². The van der Waals surface area contributed by atoms with Crippen LogP contribution in [-0.2, 0) is 21.0 Å². The molecule has 0 radical (unpaired) electrons. The van der Waals surface area contributed by atoms with Gasteiger partial charge < -0.3 is 9.80 Å². The maximum Gasteiger partial charge on any atom is 0.364 e. The summed E-state index contributed by atoms with van der Waals surface area (Å²) in [5.41, 5.74) is 10.8. The largest absolute Gasteiger partial charge is 0.364 e. The lowest BCUT2D eigenvalue weighted by Crippen LogP contribution is -2.31. The molecule has 7 aromatic rings. The Kier molecular flexibility index (Phi) is 5.98. The van der Waals surface area contributed by atoms with Crippen molar-refractivity contribution >= 4 is 65.9 Å². The number of hydrogen-bond acceptors (Lipinski definition) is 4. The van der Waals surface area contributed by atoms with Crippen molar-refractivity contribution in [3.05, 3.63) is 166 Å². The maximum atomic E-state index is 13.2. The van der Waals surface area contributed by atoms with Crippen molar-refractivity contribution in [1.82, 2.24) is 0 Å². The second-order valence-electron chi connectivity index (χ2n) is 14.8. The molecule has 248 valence electrons. The first-order chi connectivity index (χ1) is 24.5. The predicted molar refractivity (Wildman–Crippen MR) is 206 cm³/mol. The number of benzene rings is 7. The van der Waals surface area contributed by atoms with Crippen molar-refractivity contribution < 1.29 is 8.42 Å². The van der Waals surface area contributed by atoms with Crippen molar-refractivity contribution in [1.29, 1.82) is 0 Å². The molecule has 0 atom stereocenters. The van der Waals surface area contributed by atoms with Crippen LogP contribution in [0.3, 0.4) is 0 Å². The second-order valence-corrected chi connectivity index (χ2v) is 16.0. The molecule has 0 N–H and O–H groups in total. The Morgan fingerprint density at radius 1 is 0.431 bits per heavy atom. The summed E-state index contributed by atoms with van der Waals surface area (Å²) in [6.45, 7) is 9.07. The number of nitrogens with zero attached hydrogens (tertiary/aromatic N) is 4. The molecule has 0 saturated heterocycles. The number of anilines is 6. The molecule has 3 heterocycles. The molecular formula is C44H34N4O2S. The van der Waals surface area contributed by atoms with Crippen molar-refractivity contribution in [2.45, 2.75) is 38.5 Å². The standard InChI is InChI=1S/C44H34N4O2S/c1-43(2)33-13-5-9-17-37(33)47(38-18-10-6-14-34(38)43)27-21-23-29-30-24-22-28(26-32(30)42-41(31(29)25-27)45-51(49,50)46-42)48-39-19-11-7-15-35(39)44(3,4)36-16-8-12-20-40(36)48/h5-26H,1-4H3. The van der Waals surface area contributed by atoms with Gasteiger partial charge in [0.25, 0.3) is 0 Å². The van der Waals surface area contributed by atoms with Gasteiger partial charge >= 0.3 is 10.2 Å². The van der Waals surface area contributed by atoms with Gasteiger partial charge in [-0.05, 0) is 81.6 Å². The van der Waals surface area contributed by atoms with Gasteiger partial charge in [0.15, 0.2) is 0 Å². The van der Waals surface area contributed by atoms with Crippen LogP contribution in [0.25, 0.3) is 21.5 Å². The number of hydrogen-bond donors (Lipinski definition) is 0. The molecule has 0 bridgehead atoms. The van der Waals surface area contributed by atoms with E-state index in [1.807, 2.05) is 0 Å². The van der Waals surface area contributed by atoms with Gasteiger partial charge in [0.1, 0.15) is 10.7 Å². The maximum absolute atomic E-state index is 13.2. The van der Waals surface area contributed by atoms with Crippen LogP contribution >= 0.6 is 0 Å². The molecule has 0 aliphatic carbocycles. The molecule has 0 fully saturated rings. The lowest BCUT2D eigenvalue weighted by Gasteiger charge is -2.42. The van der Waals surface area contributed by atoms with Crippen LogP contribution in [0, 0.1) is 0 Å². The highest BCUT2D eigenvalue weighted by atomic mass is 32.2. The molecule has 0 unspecified atom stereocenters. The van der Waals surface area contributed by atoms with Crippen LogP contribution < -0.4 is 20.5 Å². The molecular weight excluding hydrogens is 649 g/mol. The average molecular weight is 683 g/mol. The van der Waals surface area contributed by atoms with Crippen LogP contribution in [0.1, 0.15) is 49.9 Å². The smallest absolute Gasteiger partial charge is 0.310 e. The van der Waals surface area contributed by atoms with E-state index in [0.717, 1.165) is 55.7 Å². The Bertz CT molecular complexity index is 2620. The Hall–Kier alpha value is -5.79. The van der Waals surface area contributed by atoms with Crippen molar-refractivity contribution in [2.75, 3.05) is 9.80 Å². The topological polar surface area (TPSA) is 65.3 Å². The fourth-order valence-electron chi connectivity index (χ4n) is 8.79. The van der Waals surface area contributed by atoms with Crippen LogP contribution in [0.5, 0.6) is 0 Å². The van der Waals surface area contributed by atoms with Crippen LogP contribution in [0.15, 0.2) is 142 Å². The molecule has 10 rings (SSSR count). The fourth-order valence-corrected chi connectivity index (χ4v) is 9.66. The Balaban J connectivity index is 1.22. The van der Waals surface area contributed by atoms with E-state index < -0.39 is 10.2 Å². The average Bonchev–Trinajstić information content (AvgIpc) is 3.47. The first-order valence-electron chi connectivity index (χ1n) is 17.3. The molecule has 51 heavy (non-hydrogen) atoms. The highest BCUT2D eigenvalue weighted by Gasteiger charge is 2.38. The first kappa shape index (κ1) is 30.1. The normalized spacial score (nSPS) is 17.1. The monoisotopic (exact) mass is 682 g/mol. The highest BCUT2D eigenvalue weighted by molar-refractivity contribution is 7.88. The number of fused-ring (bicyclic) bond motifs is 10. The second kappa shape index (κ2) is 10.1. The van der Waals surface area contributed by atoms with Crippen molar-refractivity contribution in [3.8, 4) is 0 Å². The van der Waals surface area contributed by atoms with Crippen molar-refractivity contribution in [3.63, 3.8) is 0 Å². The number of rotatable bonds is 2.